The third-order valence-electron chi connectivity index (χ3n) is 0.767. The van der Waals surface area contributed by atoms with Crippen molar-refractivity contribution in [1.29, 1.82) is 0 Å². The third kappa shape index (κ3) is 3.53. The maximum absolute atomic E-state index is 5.49. The zero-order valence-corrected chi connectivity index (χ0v) is 6.59. The second-order valence-corrected chi connectivity index (χ2v) is 2.63. The van der Waals surface area contributed by atoms with Crippen LogP contribution in [-0.4, -0.2) is 17.5 Å². The van der Waals surface area contributed by atoms with Gasteiger partial charge in [-0.05, 0) is 13.8 Å². The van der Waals surface area contributed by atoms with Gasteiger partial charge >= 0.3 is 0 Å². The fraction of sp³-hybridized carbons (Fsp3) is 1.00. The predicted octanol–water partition coefficient (Wildman–Crippen LogP) is 2.22. The SMILES string of the molecule is CC(C)(CCl)OCCl. The number of hydrogen-bond donors (Lipinski definition) is 0. The molecule has 0 saturated heterocycles. The van der Waals surface area contributed by atoms with Gasteiger partial charge in [0.15, 0.2) is 0 Å². The molecule has 8 heavy (non-hydrogen) atoms. The van der Waals surface area contributed by atoms with E-state index in [0.29, 0.717) is 5.88 Å². The first-order valence-corrected chi connectivity index (χ1v) is 3.45. The molecule has 0 unspecified atom stereocenters. The van der Waals surface area contributed by atoms with E-state index in [1.807, 2.05) is 13.8 Å². The van der Waals surface area contributed by atoms with Crippen LogP contribution in [-0.2, 0) is 4.74 Å². The van der Waals surface area contributed by atoms with E-state index in [-0.39, 0.29) is 11.7 Å². The van der Waals surface area contributed by atoms with Gasteiger partial charge in [-0.1, -0.05) is 11.6 Å². The van der Waals surface area contributed by atoms with Gasteiger partial charge in [0.2, 0.25) is 0 Å². The fourth-order valence-corrected chi connectivity index (χ4v) is 0.559. The van der Waals surface area contributed by atoms with Crippen molar-refractivity contribution in [3.63, 3.8) is 0 Å². The van der Waals surface area contributed by atoms with Crippen LogP contribution >= 0.6 is 23.2 Å². The third-order valence-corrected chi connectivity index (χ3v) is 1.52. The highest BCUT2D eigenvalue weighted by Gasteiger charge is 2.14. The van der Waals surface area contributed by atoms with Gasteiger partial charge in [-0.25, -0.2) is 0 Å². The van der Waals surface area contributed by atoms with Crippen molar-refractivity contribution in [3.05, 3.63) is 0 Å². The van der Waals surface area contributed by atoms with Gasteiger partial charge in [0.1, 0.15) is 6.07 Å². The Labute approximate surface area is 59.9 Å². The molecule has 0 aromatic carbocycles. The van der Waals surface area contributed by atoms with Crippen LogP contribution in [0.3, 0.4) is 0 Å². The van der Waals surface area contributed by atoms with Gasteiger partial charge in [0, 0.05) is 0 Å². The minimum absolute atomic E-state index is 0.208. The van der Waals surface area contributed by atoms with Crippen molar-refractivity contribution >= 4 is 23.2 Å². The highest BCUT2D eigenvalue weighted by atomic mass is 35.5. The Morgan fingerprint density at radius 3 is 2.00 bits per heavy atom. The Hall–Kier alpha value is 0.540. The largest absolute Gasteiger partial charge is 0.359 e. The molecule has 0 aliphatic carbocycles. The Balaban J connectivity index is 3.37. The lowest BCUT2D eigenvalue weighted by Crippen LogP contribution is -2.25. The van der Waals surface area contributed by atoms with E-state index >= 15 is 0 Å². The topological polar surface area (TPSA) is 9.23 Å². The quantitative estimate of drug-likeness (QED) is 0.570. The summed E-state index contributed by atoms with van der Waals surface area (Å²) in [6.45, 7) is 3.78. The summed E-state index contributed by atoms with van der Waals surface area (Å²) in [6.07, 6.45) is 0. The molecule has 0 spiro atoms. The van der Waals surface area contributed by atoms with Gasteiger partial charge in [-0.2, -0.15) is 0 Å². The van der Waals surface area contributed by atoms with Crippen LogP contribution in [0.2, 0.25) is 0 Å². The zero-order valence-electron chi connectivity index (χ0n) is 5.08. The van der Waals surface area contributed by atoms with Crippen molar-refractivity contribution in [2.24, 2.45) is 0 Å². The van der Waals surface area contributed by atoms with Gasteiger partial charge in [0.05, 0.1) is 11.5 Å². The minimum Gasteiger partial charge on any atom is -0.359 e. The number of halogens is 2. The first-order chi connectivity index (χ1) is 3.62. The first-order valence-electron chi connectivity index (χ1n) is 2.38. The van der Waals surface area contributed by atoms with Crippen molar-refractivity contribution in [2.45, 2.75) is 19.4 Å². The van der Waals surface area contributed by atoms with Crippen LogP contribution < -0.4 is 0 Å². The number of alkyl halides is 2. The van der Waals surface area contributed by atoms with E-state index in [2.05, 4.69) is 0 Å². The van der Waals surface area contributed by atoms with E-state index < -0.39 is 0 Å². The van der Waals surface area contributed by atoms with E-state index in [0.717, 1.165) is 0 Å². The lowest BCUT2D eigenvalue weighted by Gasteiger charge is -2.19. The van der Waals surface area contributed by atoms with Crippen LogP contribution in [0.25, 0.3) is 0 Å². The monoisotopic (exact) mass is 156 g/mol. The molecule has 0 radical (unpaired) electrons. The van der Waals surface area contributed by atoms with E-state index in [9.17, 15) is 0 Å². The molecule has 0 N–H and O–H groups in total. The maximum Gasteiger partial charge on any atom is 0.121 e. The molecule has 0 aliphatic rings. The van der Waals surface area contributed by atoms with E-state index in [4.69, 9.17) is 27.9 Å². The lowest BCUT2D eigenvalue weighted by molar-refractivity contribution is 0.0292. The van der Waals surface area contributed by atoms with Crippen LogP contribution in [0, 0.1) is 0 Å². The second-order valence-electron chi connectivity index (χ2n) is 2.15. The number of ether oxygens (including phenoxy) is 1. The first kappa shape index (κ1) is 8.54. The van der Waals surface area contributed by atoms with Gasteiger partial charge in [-0.3, -0.25) is 0 Å². The Morgan fingerprint density at radius 2 is 1.88 bits per heavy atom. The molecule has 0 fully saturated rings. The Bertz CT molecular complexity index is 63.4. The van der Waals surface area contributed by atoms with Crippen LogP contribution in [0.5, 0.6) is 0 Å². The molecule has 1 nitrogen and oxygen atoms in total. The minimum atomic E-state index is -0.274. The summed E-state index contributed by atoms with van der Waals surface area (Å²) < 4.78 is 5.01. The fourth-order valence-electron chi connectivity index (χ4n) is 0.186. The molecule has 0 rings (SSSR count). The zero-order chi connectivity index (χ0) is 6.62. The Kier molecular flexibility index (Phi) is 3.78. The summed E-state index contributed by atoms with van der Waals surface area (Å²) in [7, 11) is 0. The standard InChI is InChI=1S/C5H10Cl2O/c1-5(2,3-6)8-4-7/h3-4H2,1-2H3. The molecule has 50 valence electrons. The number of hydrogen-bond acceptors (Lipinski definition) is 1. The van der Waals surface area contributed by atoms with E-state index in [1.54, 1.807) is 0 Å². The highest BCUT2D eigenvalue weighted by molar-refractivity contribution is 6.18. The second kappa shape index (κ2) is 3.54. The van der Waals surface area contributed by atoms with Crippen molar-refractivity contribution in [2.75, 3.05) is 11.9 Å². The summed E-state index contributed by atoms with van der Waals surface area (Å²) in [6, 6.07) is 0.208. The molecule has 0 aliphatic heterocycles. The van der Waals surface area contributed by atoms with Crippen molar-refractivity contribution < 1.29 is 4.74 Å². The van der Waals surface area contributed by atoms with Gasteiger partial charge in [-0.15, -0.1) is 11.6 Å². The van der Waals surface area contributed by atoms with Crippen molar-refractivity contribution in [1.82, 2.24) is 0 Å². The maximum atomic E-state index is 5.49. The normalized spacial score (nSPS) is 12.0. The Morgan fingerprint density at radius 1 is 1.38 bits per heavy atom. The molecule has 3 heteroatoms. The predicted molar refractivity (Wildman–Crippen MR) is 36.6 cm³/mol. The summed E-state index contributed by atoms with van der Waals surface area (Å²) >= 11 is 10.8. The molecule has 0 saturated carbocycles. The van der Waals surface area contributed by atoms with Crippen LogP contribution in [0.15, 0.2) is 0 Å². The summed E-state index contributed by atoms with van der Waals surface area (Å²) in [4.78, 5) is 0. The van der Waals surface area contributed by atoms with Gasteiger partial charge in [0.25, 0.3) is 0 Å². The lowest BCUT2D eigenvalue weighted by atomic mass is 10.2. The molecule has 0 aromatic rings. The molecule has 0 amide bonds. The molecular formula is C5H10Cl2O. The van der Waals surface area contributed by atoms with Crippen LogP contribution in [0.4, 0.5) is 0 Å². The molecule has 0 atom stereocenters. The van der Waals surface area contributed by atoms with Gasteiger partial charge < -0.3 is 4.74 Å². The average molecular weight is 157 g/mol. The average Bonchev–Trinajstić information content (AvgIpc) is 1.67. The summed E-state index contributed by atoms with van der Waals surface area (Å²) in [5, 5.41) is 0. The molecule has 0 heterocycles. The molecular weight excluding hydrogens is 147 g/mol. The smallest absolute Gasteiger partial charge is 0.121 e. The molecule has 0 bridgehead atoms. The summed E-state index contributed by atoms with van der Waals surface area (Å²) in [5.41, 5.74) is -0.274. The number of rotatable bonds is 3. The van der Waals surface area contributed by atoms with Crippen LogP contribution in [0.1, 0.15) is 13.8 Å². The summed E-state index contributed by atoms with van der Waals surface area (Å²) in [5.74, 6) is 0.472. The highest BCUT2D eigenvalue weighted by Crippen LogP contribution is 2.10. The van der Waals surface area contributed by atoms with E-state index in [1.165, 1.54) is 0 Å². The van der Waals surface area contributed by atoms with Crippen molar-refractivity contribution in [3.8, 4) is 0 Å². The molecule has 0 aromatic heterocycles.